The Morgan fingerprint density at radius 2 is 1.70 bits per heavy atom. The third kappa shape index (κ3) is 2.70. The summed E-state index contributed by atoms with van der Waals surface area (Å²) in [6, 6.07) is 12.5. The zero-order chi connectivity index (χ0) is 15.8. The molecule has 4 nitrogen and oxygen atoms in total. The summed E-state index contributed by atoms with van der Waals surface area (Å²) in [6.07, 6.45) is 0. The zero-order valence-electron chi connectivity index (χ0n) is 13.6. The number of aliphatic imine (C=N–C) groups is 1. The number of piperazine rings is 1. The maximum absolute atomic E-state index is 6.20. The standard InChI is InChI=1S/C19H21N3O/c1-13-4-6-17-15(11-13)19(22-9-7-20-8-10-22)21-16-5-3-14(2)12-18(16)23-17/h3-6,11-12,20H,7-10H2,1-2H3. The molecule has 0 spiro atoms. The molecule has 2 aliphatic rings. The summed E-state index contributed by atoms with van der Waals surface area (Å²) >= 11 is 0. The van der Waals surface area contributed by atoms with Gasteiger partial charge in [0, 0.05) is 26.2 Å². The van der Waals surface area contributed by atoms with Gasteiger partial charge in [0.25, 0.3) is 0 Å². The number of ether oxygens (including phenoxy) is 1. The molecular formula is C19H21N3O. The van der Waals surface area contributed by atoms with Crippen molar-refractivity contribution in [2.75, 3.05) is 26.2 Å². The van der Waals surface area contributed by atoms with E-state index >= 15 is 0 Å². The molecule has 118 valence electrons. The van der Waals surface area contributed by atoms with E-state index in [1.165, 1.54) is 11.1 Å². The van der Waals surface area contributed by atoms with Crippen LogP contribution in [-0.4, -0.2) is 36.9 Å². The number of fused-ring (bicyclic) bond motifs is 2. The fraction of sp³-hybridized carbons (Fsp3) is 0.316. The third-order valence-electron chi connectivity index (χ3n) is 4.35. The second-order valence-corrected chi connectivity index (χ2v) is 6.25. The van der Waals surface area contributed by atoms with E-state index in [9.17, 15) is 0 Å². The molecule has 4 rings (SSSR count). The largest absolute Gasteiger partial charge is 0.454 e. The van der Waals surface area contributed by atoms with Gasteiger partial charge in [-0.2, -0.15) is 0 Å². The fourth-order valence-corrected chi connectivity index (χ4v) is 3.11. The monoisotopic (exact) mass is 307 g/mol. The van der Waals surface area contributed by atoms with Crippen molar-refractivity contribution in [2.45, 2.75) is 13.8 Å². The van der Waals surface area contributed by atoms with Crippen LogP contribution in [0.2, 0.25) is 0 Å². The molecular weight excluding hydrogens is 286 g/mol. The predicted octanol–water partition coefficient (Wildman–Crippen LogP) is 3.39. The van der Waals surface area contributed by atoms with Crippen LogP contribution in [-0.2, 0) is 0 Å². The first kappa shape index (κ1) is 14.3. The van der Waals surface area contributed by atoms with Gasteiger partial charge in [0.1, 0.15) is 17.3 Å². The third-order valence-corrected chi connectivity index (χ3v) is 4.35. The topological polar surface area (TPSA) is 36.9 Å². The minimum absolute atomic E-state index is 0.834. The van der Waals surface area contributed by atoms with Crippen molar-refractivity contribution in [3.8, 4) is 11.5 Å². The van der Waals surface area contributed by atoms with Crippen molar-refractivity contribution in [1.29, 1.82) is 0 Å². The van der Waals surface area contributed by atoms with Gasteiger partial charge >= 0.3 is 0 Å². The molecule has 1 saturated heterocycles. The Morgan fingerprint density at radius 3 is 2.52 bits per heavy atom. The van der Waals surface area contributed by atoms with E-state index in [1.807, 2.05) is 6.07 Å². The molecule has 2 aromatic carbocycles. The fourth-order valence-electron chi connectivity index (χ4n) is 3.11. The van der Waals surface area contributed by atoms with Gasteiger partial charge in [-0.05, 0) is 43.7 Å². The molecule has 23 heavy (non-hydrogen) atoms. The minimum Gasteiger partial charge on any atom is -0.454 e. The molecule has 0 bridgehead atoms. The van der Waals surface area contributed by atoms with E-state index in [0.29, 0.717) is 0 Å². The van der Waals surface area contributed by atoms with Crippen molar-refractivity contribution >= 4 is 11.5 Å². The number of amidine groups is 1. The van der Waals surface area contributed by atoms with Gasteiger partial charge in [-0.15, -0.1) is 0 Å². The lowest BCUT2D eigenvalue weighted by molar-refractivity contribution is 0.357. The van der Waals surface area contributed by atoms with E-state index in [1.54, 1.807) is 0 Å². The number of benzene rings is 2. The first-order chi connectivity index (χ1) is 11.2. The lowest BCUT2D eigenvalue weighted by Crippen LogP contribution is -2.46. The second-order valence-electron chi connectivity index (χ2n) is 6.25. The van der Waals surface area contributed by atoms with Crippen LogP contribution < -0.4 is 10.1 Å². The smallest absolute Gasteiger partial charge is 0.153 e. The van der Waals surface area contributed by atoms with Crippen LogP contribution >= 0.6 is 0 Å². The summed E-state index contributed by atoms with van der Waals surface area (Å²) in [5.74, 6) is 2.74. The zero-order valence-corrected chi connectivity index (χ0v) is 13.6. The van der Waals surface area contributed by atoms with E-state index in [0.717, 1.165) is 54.8 Å². The number of aryl methyl sites for hydroxylation is 2. The molecule has 1 fully saturated rings. The molecule has 4 heteroatoms. The first-order valence-corrected chi connectivity index (χ1v) is 8.14. The van der Waals surface area contributed by atoms with Gasteiger partial charge in [0.05, 0.1) is 5.56 Å². The van der Waals surface area contributed by atoms with Crippen molar-refractivity contribution < 1.29 is 4.74 Å². The van der Waals surface area contributed by atoms with Crippen LogP contribution in [0, 0.1) is 13.8 Å². The molecule has 1 N–H and O–H groups in total. The molecule has 0 atom stereocenters. The van der Waals surface area contributed by atoms with Crippen LogP contribution in [0.3, 0.4) is 0 Å². The summed E-state index contributed by atoms with van der Waals surface area (Å²) in [4.78, 5) is 7.33. The number of rotatable bonds is 0. The first-order valence-electron chi connectivity index (χ1n) is 8.14. The lowest BCUT2D eigenvalue weighted by atomic mass is 10.1. The minimum atomic E-state index is 0.834. The number of hydrogen-bond acceptors (Lipinski definition) is 4. The maximum Gasteiger partial charge on any atom is 0.153 e. The second kappa shape index (κ2) is 5.70. The Hall–Kier alpha value is -2.33. The van der Waals surface area contributed by atoms with Crippen molar-refractivity contribution in [3.05, 3.63) is 53.1 Å². The highest BCUT2D eigenvalue weighted by atomic mass is 16.5. The highest BCUT2D eigenvalue weighted by molar-refractivity contribution is 6.04. The molecule has 0 aliphatic carbocycles. The highest BCUT2D eigenvalue weighted by Crippen LogP contribution is 2.39. The van der Waals surface area contributed by atoms with Crippen LogP contribution in [0.15, 0.2) is 41.4 Å². The molecule has 2 aromatic rings. The molecule has 2 heterocycles. The SMILES string of the molecule is Cc1ccc2c(c1)Oc1ccc(C)cc1C(N1CCNCC1)=N2. The average molecular weight is 307 g/mol. The van der Waals surface area contributed by atoms with Crippen LogP contribution in [0.25, 0.3) is 0 Å². The van der Waals surface area contributed by atoms with Crippen molar-refractivity contribution in [2.24, 2.45) is 4.99 Å². The normalized spacial score (nSPS) is 16.8. The van der Waals surface area contributed by atoms with Crippen LogP contribution in [0.5, 0.6) is 11.5 Å². The summed E-state index contributed by atoms with van der Waals surface area (Å²) in [5.41, 5.74) is 4.38. The van der Waals surface area contributed by atoms with E-state index in [-0.39, 0.29) is 0 Å². The Morgan fingerprint density at radius 1 is 0.957 bits per heavy atom. The summed E-state index contributed by atoms with van der Waals surface area (Å²) in [5, 5.41) is 3.40. The van der Waals surface area contributed by atoms with Crippen molar-refractivity contribution in [1.82, 2.24) is 10.2 Å². The van der Waals surface area contributed by atoms with E-state index in [2.05, 4.69) is 54.4 Å². The number of nitrogens with one attached hydrogen (secondary N) is 1. The Bertz CT molecular complexity index is 776. The highest BCUT2D eigenvalue weighted by Gasteiger charge is 2.24. The summed E-state index contributed by atoms with van der Waals surface area (Å²) < 4.78 is 6.20. The van der Waals surface area contributed by atoms with Gasteiger partial charge in [0.15, 0.2) is 5.75 Å². The van der Waals surface area contributed by atoms with E-state index in [4.69, 9.17) is 9.73 Å². The predicted molar refractivity (Wildman–Crippen MR) is 93.1 cm³/mol. The van der Waals surface area contributed by atoms with Crippen LogP contribution in [0.4, 0.5) is 5.69 Å². The van der Waals surface area contributed by atoms with Gasteiger partial charge in [0.2, 0.25) is 0 Å². The molecule has 0 saturated carbocycles. The van der Waals surface area contributed by atoms with Gasteiger partial charge in [-0.25, -0.2) is 4.99 Å². The molecule has 0 amide bonds. The Balaban J connectivity index is 1.89. The van der Waals surface area contributed by atoms with Crippen LogP contribution in [0.1, 0.15) is 16.7 Å². The van der Waals surface area contributed by atoms with Gasteiger partial charge in [-0.1, -0.05) is 17.7 Å². The lowest BCUT2D eigenvalue weighted by Gasteiger charge is -2.30. The number of nitrogens with zero attached hydrogens (tertiary/aromatic N) is 2. The quantitative estimate of drug-likeness (QED) is 0.810. The average Bonchev–Trinajstić information content (AvgIpc) is 2.72. The summed E-state index contributed by atoms with van der Waals surface area (Å²) in [6.45, 7) is 8.09. The summed E-state index contributed by atoms with van der Waals surface area (Å²) in [7, 11) is 0. The maximum atomic E-state index is 6.20. The van der Waals surface area contributed by atoms with E-state index < -0.39 is 0 Å². The molecule has 2 aliphatic heterocycles. The number of hydrogen-bond donors (Lipinski definition) is 1. The van der Waals surface area contributed by atoms with Crippen molar-refractivity contribution in [3.63, 3.8) is 0 Å². The van der Waals surface area contributed by atoms with Gasteiger partial charge < -0.3 is 15.0 Å². The Labute approximate surface area is 136 Å². The molecule has 0 aromatic heterocycles. The Kier molecular flexibility index (Phi) is 3.54. The molecule has 0 radical (unpaired) electrons. The van der Waals surface area contributed by atoms with Gasteiger partial charge in [-0.3, -0.25) is 0 Å². The molecule has 0 unspecified atom stereocenters.